The molecule has 0 amide bonds. The molecular weight excluding hydrogens is 316 g/mol. The van der Waals surface area contributed by atoms with Gasteiger partial charge < -0.3 is 0 Å². The van der Waals surface area contributed by atoms with E-state index in [2.05, 4.69) is 0 Å². The average Bonchev–Trinajstić information content (AvgIpc) is 2.60. The van der Waals surface area contributed by atoms with Crippen LogP contribution >= 0.6 is 11.8 Å². The van der Waals surface area contributed by atoms with Crippen LogP contribution in [0.4, 0.5) is 0 Å². The molecule has 0 N–H and O–H groups in total. The third-order valence-corrected chi connectivity index (χ3v) is 4.95. The van der Waals surface area contributed by atoms with Crippen molar-refractivity contribution < 1.29 is 9.59 Å². The Morgan fingerprint density at radius 1 is 0.583 bits per heavy atom. The monoisotopic (exact) mass is 332 g/mol. The second-order valence-corrected chi connectivity index (χ2v) is 6.41. The highest BCUT2D eigenvalue weighted by Crippen LogP contribution is 2.36. The van der Waals surface area contributed by atoms with Gasteiger partial charge in [0.05, 0.1) is 0 Å². The van der Waals surface area contributed by atoms with Gasteiger partial charge in [0.25, 0.3) is 0 Å². The van der Waals surface area contributed by atoms with E-state index >= 15 is 0 Å². The van der Waals surface area contributed by atoms with Crippen LogP contribution in [0.25, 0.3) is 0 Å². The summed E-state index contributed by atoms with van der Waals surface area (Å²) < 4.78 is 0. The van der Waals surface area contributed by atoms with Gasteiger partial charge in [0.15, 0.2) is 11.6 Å². The van der Waals surface area contributed by atoms with E-state index in [9.17, 15) is 9.59 Å². The topological polar surface area (TPSA) is 34.1 Å². The van der Waals surface area contributed by atoms with Gasteiger partial charge in [-0.3, -0.25) is 9.59 Å². The van der Waals surface area contributed by atoms with Crippen molar-refractivity contribution in [2.45, 2.75) is 17.2 Å². The number of ketones is 2. The van der Waals surface area contributed by atoms with Crippen LogP contribution in [0.5, 0.6) is 0 Å². The van der Waals surface area contributed by atoms with Crippen LogP contribution in [-0.2, 0) is 0 Å². The zero-order valence-electron chi connectivity index (χ0n) is 12.2. The summed E-state index contributed by atoms with van der Waals surface area (Å²) in [5.41, 5.74) is 2.00. The maximum Gasteiger partial charge on any atom is 0.195 e. The fourth-order valence-corrected chi connectivity index (χ4v) is 3.81. The number of rotatable bonds is 2. The lowest BCUT2D eigenvalue weighted by atomic mass is 9.84. The minimum atomic E-state index is -0.0780. The Hall–Kier alpha value is -2.65. The molecule has 3 heteroatoms. The summed E-state index contributed by atoms with van der Waals surface area (Å²) >= 11 is 1.51. The maximum absolute atomic E-state index is 12.9. The fourth-order valence-electron chi connectivity index (χ4n) is 2.81. The predicted octanol–water partition coefficient (Wildman–Crippen LogP) is 5.25. The highest BCUT2D eigenvalue weighted by molar-refractivity contribution is 7.99. The molecule has 0 unspecified atom stereocenters. The lowest BCUT2D eigenvalue weighted by Gasteiger charge is -2.19. The molecule has 0 saturated heterocycles. The van der Waals surface area contributed by atoms with Crippen molar-refractivity contribution in [3.63, 3.8) is 0 Å². The number of hydrogen-bond donors (Lipinski definition) is 0. The molecule has 0 bridgehead atoms. The molecule has 0 radical (unpaired) electrons. The van der Waals surface area contributed by atoms with Crippen LogP contribution in [0.2, 0.25) is 0 Å². The second kappa shape index (κ2) is 6.46. The zero-order chi connectivity index (χ0) is 15.8. The van der Waals surface area contributed by atoms with Crippen molar-refractivity contribution in [3.05, 3.63) is 95.1 Å². The number of fused-ring (bicyclic) bond motifs is 2. The van der Waals surface area contributed by atoms with Gasteiger partial charge >= 0.3 is 0 Å². The summed E-state index contributed by atoms with van der Waals surface area (Å²) in [6.07, 6.45) is 0. The highest BCUT2D eigenvalue weighted by atomic mass is 32.2. The molecule has 0 spiro atoms. The molecule has 0 atom stereocenters. The summed E-state index contributed by atoms with van der Waals surface area (Å²) in [5.74, 6) is -0.153. The number of carbonyl (C=O) groups excluding carboxylic acids is 2. The summed E-state index contributed by atoms with van der Waals surface area (Å²) in [6.45, 7) is 0. The molecule has 0 saturated carbocycles. The van der Waals surface area contributed by atoms with Gasteiger partial charge in [0.1, 0.15) is 0 Å². The van der Waals surface area contributed by atoms with Gasteiger partial charge in [0, 0.05) is 32.0 Å². The van der Waals surface area contributed by atoms with Crippen LogP contribution in [0, 0.1) is 0 Å². The first kappa shape index (κ1) is 16.2. The highest BCUT2D eigenvalue weighted by Gasteiger charge is 2.31. The van der Waals surface area contributed by atoms with Gasteiger partial charge in [0.2, 0.25) is 0 Å². The Labute approximate surface area is 145 Å². The number of hydrogen-bond acceptors (Lipinski definition) is 3. The maximum atomic E-state index is 12.9. The minimum absolute atomic E-state index is 0. The summed E-state index contributed by atoms with van der Waals surface area (Å²) in [6, 6.07) is 22.4. The van der Waals surface area contributed by atoms with E-state index in [1.807, 2.05) is 42.5 Å². The first-order valence-corrected chi connectivity index (χ1v) is 8.12. The van der Waals surface area contributed by atoms with E-state index < -0.39 is 0 Å². The van der Waals surface area contributed by atoms with Gasteiger partial charge in [-0.25, -0.2) is 0 Å². The lowest BCUT2D eigenvalue weighted by molar-refractivity contribution is 0.0977. The fraction of sp³-hybridized carbons (Fsp3) is 0.0476. The molecule has 3 aromatic carbocycles. The van der Waals surface area contributed by atoms with E-state index in [0.717, 1.165) is 9.79 Å². The second-order valence-electron chi connectivity index (χ2n) is 5.30. The minimum Gasteiger partial charge on any atom is -0.289 e. The van der Waals surface area contributed by atoms with Gasteiger partial charge in [-0.15, -0.1) is 0 Å². The Bertz CT molecular complexity index is 930. The van der Waals surface area contributed by atoms with E-state index in [1.54, 1.807) is 30.3 Å². The smallest absolute Gasteiger partial charge is 0.195 e. The van der Waals surface area contributed by atoms with E-state index in [-0.39, 0.29) is 19.0 Å². The molecule has 24 heavy (non-hydrogen) atoms. The molecule has 0 aliphatic heterocycles. The van der Waals surface area contributed by atoms with Crippen molar-refractivity contribution in [1.29, 1.82) is 0 Å². The Balaban J connectivity index is 0.00000169. The van der Waals surface area contributed by atoms with Crippen molar-refractivity contribution in [1.82, 2.24) is 0 Å². The molecule has 1 aliphatic rings. The SMILES string of the molecule is C.O=C1c2ccccc2C(=O)c2c(Sc3ccccc3)cccc21. The van der Waals surface area contributed by atoms with Crippen LogP contribution in [0.15, 0.2) is 82.6 Å². The standard InChI is InChI=1S/C20H12O2S.CH4/c21-19-14-9-4-5-10-15(14)20(22)18-16(19)11-6-12-17(18)23-13-7-2-1-3-8-13;/h1-12H;1H4. The van der Waals surface area contributed by atoms with Gasteiger partial charge in [-0.05, 0) is 18.2 Å². The third kappa shape index (κ3) is 2.57. The number of benzene rings is 3. The van der Waals surface area contributed by atoms with Crippen molar-refractivity contribution >= 4 is 23.3 Å². The average molecular weight is 332 g/mol. The van der Waals surface area contributed by atoms with Crippen LogP contribution < -0.4 is 0 Å². The summed E-state index contributed by atoms with van der Waals surface area (Å²) in [4.78, 5) is 27.5. The predicted molar refractivity (Wildman–Crippen MR) is 97.0 cm³/mol. The van der Waals surface area contributed by atoms with Crippen molar-refractivity contribution in [2.75, 3.05) is 0 Å². The summed E-state index contributed by atoms with van der Waals surface area (Å²) in [7, 11) is 0. The van der Waals surface area contributed by atoms with Crippen LogP contribution in [0.3, 0.4) is 0 Å². The molecule has 0 heterocycles. The largest absolute Gasteiger partial charge is 0.289 e. The molecule has 0 fully saturated rings. The van der Waals surface area contributed by atoms with Crippen LogP contribution in [0.1, 0.15) is 39.3 Å². The Kier molecular flexibility index (Phi) is 4.36. The van der Waals surface area contributed by atoms with E-state index in [1.165, 1.54) is 11.8 Å². The van der Waals surface area contributed by atoms with Gasteiger partial charge in [-0.2, -0.15) is 0 Å². The summed E-state index contributed by atoms with van der Waals surface area (Å²) in [5, 5.41) is 0. The molecular formula is C21H16O2S. The zero-order valence-corrected chi connectivity index (χ0v) is 13.0. The van der Waals surface area contributed by atoms with E-state index in [0.29, 0.717) is 22.3 Å². The molecule has 4 rings (SSSR count). The molecule has 3 aromatic rings. The van der Waals surface area contributed by atoms with Gasteiger partial charge in [-0.1, -0.05) is 73.8 Å². The quantitative estimate of drug-likeness (QED) is 0.503. The molecule has 1 aliphatic carbocycles. The normalized spacial score (nSPS) is 12.2. The molecule has 118 valence electrons. The van der Waals surface area contributed by atoms with E-state index in [4.69, 9.17) is 0 Å². The molecule has 0 aromatic heterocycles. The van der Waals surface area contributed by atoms with Crippen molar-refractivity contribution in [3.8, 4) is 0 Å². The Morgan fingerprint density at radius 3 is 1.88 bits per heavy atom. The first-order valence-electron chi connectivity index (χ1n) is 7.30. The number of carbonyl (C=O) groups is 2. The third-order valence-electron chi connectivity index (χ3n) is 3.89. The lowest BCUT2D eigenvalue weighted by Crippen LogP contribution is -2.21. The first-order chi connectivity index (χ1) is 11.3. The molecule has 2 nitrogen and oxygen atoms in total. The van der Waals surface area contributed by atoms with Crippen LogP contribution in [-0.4, -0.2) is 11.6 Å². The van der Waals surface area contributed by atoms with Crippen molar-refractivity contribution in [2.24, 2.45) is 0 Å². The Morgan fingerprint density at radius 2 is 1.17 bits per heavy atom.